The Kier molecular flexibility index (Phi) is 6.61. The molecule has 2 aromatic rings. The van der Waals surface area contributed by atoms with Crippen LogP contribution in [0, 0.1) is 13.8 Å². The summed E-state index contributed by atoms with van der Waals surface area (Å²) in [6.45, 7) is 12.6. The molecule has 4 amide bonds. The van der Waals surface area contributed by atoms with Gasteiger partial charge >= 0.3 is 6.03 Å². The first-order chi connectivity index (χ1) is 16.2. The van der Waals surface area contributed by atoms with Crippen molar-refractivity contribution in [2.45, 2.75) is 33.2 Å². The summed E-state index contributed by atoms with van der Waals surface area (Å²) in [7, 11) is 0. The minimum Gasteiger partial charge on any atom is -0.369 e. The lowest BCUT2D eigenvalue weighted by Crippen LogP contribution is -2.46. The van der Waals surface area contributed by atoms with E-state index in [1.165, 1.54) is 0 Å². The number of nitrogens with zero attached hydrogens (tertiary/aromatic N) is 3. The Labute approximate surface area is 200 Å². The molecule has 2 N–H and O–H groups in total. The first-order valence-electron chi connectivity index (χ1n) is 11.8. The molecule has 2 heterocycles. The summed E-state index contributed by atoms with van der Waals surface area (Å²) in [5, 5.41) is 5.58. The van der Waals surface area contributed by atoms with Crippen LogP contribution in [0.2, 0.25) is 0 Å². The number of carbonyl (C=O) groups is 3. The fourth-order valence-electron chi connectivity index (χ4n) is 4.66. The number of carbonyl (C=O) groups excluding carboxylic acids is 3. The second-order valence-corrected chi connectivity index (χ2v) is 9.28. The molecule has 0 aromatic heterocycles. The monoisotopic (exact) mass is 463 g/mol. The molecule has 1 unspecified atom stereocenters. The molecule has 180 valence electrons. The fourth-order valence-corrected chi connectivity index (χ4v) is 4.66. The molecule has 0 spiro atoms. The number of amides is 4. The highest BCUT2D eigenvalue weighted by molar-refractivity contribution is 6.10. The average molecular weight is 464 g/mol. The van der Waals surface area contributed by atoms with Gasteiger partial charge in [0.1, 0.15) is 12.1 Å². The number of hydrogen-bond acceptors (Lipinski definition) is 5. The van der Waals surface area contributed by atoms with E-state index >= 15 is 0 Å². The molecular formula is C26H33N5O3. The largest absolute Gasteiger partial charge is 0.369 e. The van der Waals surface area contributed by atoms with Crippen LogP contribution in [0.5, 0.6) is 0 Å². The lowest BCUT2D eigenvalue weighted by Gasteiger charge is -2.36. The van der Waals surface area contributed by atoms with Crippen molar-refractivity contribution in [3.63, 3.8) is 0 Å². The van der Waals surface area contributed by atoms with Gasteiger partial charge in [0.2, 0.25) is 5.91 Å². The van der Waals surface area contributed by atoms with Crippen LogP contribution < -0.4 is 15.5 Å². The number of urea groups is 1. The van der Waals surface area contributed by atoms with Crippen molar-refractivity contribution in [3.8, 4) is 0 Å². The second kappa shape index (κ2) is 9.46. The van der Waals surface area contributed by atoms with E-state index in [-0.39, 0.29) is 6.54 Å². The Balaban J connectivity index is 1.40. The quantitative estimate of drug-likeness (QED) is 0.644. The fraction of sp³-hybridized carbons (Fsp3) is 0.423. The molecule has 0 radical (unpaired) electrons. The summed E-state index contributed by atoms with van der Waals surface area (Å²) in [6.07, 6.45) is 0. The first kappa shape index (κ1) is 23.8. The summed E-state index contributed by atoms with van der Waals surface area (Å²) in [6, 6.07) is 12.7. The zero-order valence-electron chi connectivity index (χ0n) is 20.4. The van der Waals surface area contributed by atoms with Crippen LogP contribution in [0.4, 0.5) is 16.2 Å². The molecule has 2 aromatic carbocycles. The zero-order valence-corrected chi connectivity index (χ0v) is 20.4. The van der Waals surface area contributed by atoms with Crippen molar-refractivity contribution in [2.75, 3.05) is 49.5 Å². The molecule has 1 atom stereocenters. The number of imide groups is 1. The van der Waals surface area contributed by atoms with E-state index in [9.17, 15) is 14.4 Å². The number of benzene rings is 2. The van der Waals surface area contributed by atoms with Crippen molar-refractivity contribution in [1.82, 2.24) is 15.1 Å². The van der Waals surface area contributed by atoms with Gasteiger partial charge in [-0.3, -0.25) is 14.5 Å². The Morgan fingerprint density at radius 1 is 1.03 bits per heavy atom. The summed E-state index contributed by atoms with van der Waals surface area (Å²) in [4.78, 5) is 44.1. The molecule has 34 heavy (non-hydrogen) atoms. The SMILES string of the molecule is CCN1CCN(c2ccc(NC(=O)CN3C(=O)NC(C)(c4ccc(C)cc4)C3=O)cc2C)CC1. The molecule has 8 nitrogen and oxygen atoms in total. The van der Waals surface area contributed by atoms with Crippen LogP contribution in [0.15, 0.2) is 42.5 Å². The van der Waals surface area contributed by atoms with Crippen molar-refractivity contribution in [3.05, 3.63) is 59.2 Å². The summed E-state index contributed by atoms with van der Waals surface area (Å²) in [5.74, 6) is -0.852. The number of anilines is 2. The van der Waals surface area contributed by atoms with E-state index < -0.39 is 23.4 Å². The predicted octanol–water partition coefficient (Wildman–Crippen LogP) is 2.85. The molecular weight excluding hydrogens is 430 g/mol. The minimum absolute atomic E-state index is 0.341. The maximum absolute atomic E-state index is 13.1. The normalized spacial score (nSPS) is 21.1. The van der Waals surface area contributed by atoms with E-state index in [2.05, 4.69) is 27.4 Å². The van der Waals surface area contributed by atoms with Gasteiger partial charge in [0, 0.05) is 37.6 Å². The number of likely N-dealkylation sites (N-methyl/N-ethyl adjacent to an activating group) is 1. The van der Waals surface area contributed by atoms with Gasteiger partial charge in [-0.1, -0.05) is 36.8 Å². The van der Waals surface area contributed by atoms with Gasteiger partial charge in [-0.25, -0.2) is 4.79 Å². The first-order valence-corrected chi connectivity index (χ1v) is 11.8. The standard InChI is InChI=1S/C26H33N5O3/c1-5-29-12-14-30(15-13-29)22-11-10-21(16-19(22)3)27-23(32)17-31-24(33)26(4,28-25(31)34)20-8-6-18(2)7-9-20/h6-11,16H,5,12-15,17H2,1-4H3,(H,27,32)(H,28,34). The lowest BCUT2D eigenvalue weighted by atomic mass is 9.91. The Morgan fingerprint density at radius 3 is 2.32 bits per heavy atom. The Hall–Kier alpha value is -3.39. The smallest absolute Gasteiger partial charge is 0.325 e. The molecule has 0 bridgehead atoms. The minimum atomic E-state index is -1.19. The maximum atomic E-state index is 13.1. The van der Waals surface area contributed by atoms with E-state index in [0.717, 1.165) is 54.4 Å². The summed E-state index contributed by atoms with van der Waals surface area (Å²) < 4.78 is 0. The van der Waals surface area contributed by atoms with E-state index in [4.69, 9.17) is 0 Å². The van der Waals surface area contributed by atoms with Gasteiger partial charge in [-0.15, -0.1) is 0 Å². The third kappa shape index (κ3) is 4.63. The molecule has 2 saturated heterocycles. The highest BCUT2D eigenvalue weighted by Crippen LogP contribution is 2.29. The molecule has 2 aliphatic heterocycles. The van der Waals surface area contributed by atoms with Crippen molar-refractivity contribution in [1.29, 1.82) is 0 Å². The van der Waals surface area contributed by atoms with Crippen LogP contribution in [0.25, 0.3) is 0 Å². The molecule has 0 saturated carbocycles. The number of nitrogens with one attached hydrogen (secondary N) is 2. The number of hydrogen-bond donors (Lipinski definition) is 2. The van der Waals surface area contributed by atoms with Gasteiger partial charge < -0.3 is 20.4 Å². The van der Waals surface area contributed by atoms with Crippen LogP contribution in [0.3, 0.4) is 0 Å². The van der Waals surface area contributed by atoms with Crippen LogP contribution in [-0.4, -0.2) is 66.9 Å². The third-order valence-electron chi connectivity index (χ3n) is 6.85. The second-order valence-electron chi connectivity index (χ2n) is 9.28. The van der Waals surface area contributed by atoms with E-state index in [1.807, 2.05) is 56.3 Å². The van der Waals surface area contributed by atoms with Crippen LogP contribution in [0.1, 0.15) is 30.5 Å². The van der Waals surface area contributed by atoms with Gasteiger partial charge in [0.25, 0.3) is 5.91 Å². The van der Waals surface area contributed by atoms with E-state index in [0.29, 0.717) is 11.3 Å². The van der Waals surface area contributed by atoms with Gasteiger partial charge in [0.15, 0.2) is 0 Å². The third-order valence-corrected chi connectivity index (χ3v) is 6.85. The van der Waals surface area contributed by atoms with E-state index in [1.54, 1.807) is 6.92 Å². The molecule has 2 fully saturated rings. The highest BCUT2D eigenvalue weighted by atomic mass is 16.2. The Bertz CT molecular complexity index is 1090. The van der Waals surface area contributed by atoms with Crippen molar-refractivity contribution in [2.24, 2.45) is 0 Å². The maximum Gasteiger partial charge on any atom is 0.325 e. The number of aryl methyl sites for hydroxylation is 2. The average Bonchev–Trinajstić information content (AvgIpc) is 3.03. The molecule has 4 rings (SSSR count). The summed E-state index contributed by atoms with van der Waals surface area (Å²) in [5.41, 5.74) is 3.44. The number of piperazine rings is 1. The topological polar surface area (TPSA) is 85.0 Å². The molecule has 8 heteroatoms. The van der Waals surface area contributed by atoms with Crippen LogP contribution >= 0.6 is 0 Å². The lowest BCUT2D eigenvalue weighted by molar-refractivity contribution is -0.133. The van der Waals surface area contributed by atoms with Crippen molar-refractivity contribution < 1.29 is 14.4 Å². The molecule has 2 aliphatic rings. The summed E-state index contributed by atoms with van der Waals surface area (Å²) >= 11 is 0. The van der Waals surface area contributed by atoms with Crippen molar-refractivity contribution >= 4 is 29.2 Å². The zero-order chi connectivity index (χ0) is 24.5. The Morgan fingerprint density at radius 2 is 1.71 bits per heavy atom. The van der Waals surface area contributed by atoms with Crippen LogP contribution in [-0.2, 0) is 15.1 Å². The predicted molar refractivity (Wildman–Crippen MR) is 133 cm³/mol. The molecule has 0 aliphatic carbocycles. The van der Waals surface area contributed by atoms with Gasteiger partial charge in [0.05, 0.1) is 0 Å². The number of rotatable bonds is 6. The highest BCUT2D eigenvalue weighted by Gasteiger charge is 2.49. The van der Waals surface area contributed by atoms with Gasteiger partial charge in [-0.05, 0) is 56.6 Å². The van der Waals surface area contributed by atoms with Gasteiger partial charge in [-0.2, -0.15) is 0 Å².